The third-order valence-electron chi connectivity index (χ3n) is 7.50. The van der Waals surface area contributed by atoms with Crippen molar-refractivity contribution in [2.75, 3.05) is 126 Å². The van der Waals surface area contributed by atoms with Crippen molar-refractivity contribution in [1.82, 2.24) is 10.2 Å². The van der Waals surface area contributed by atoms with Gasteiger partial charge in [-0.05, 0) is 47.2 Å². The Morgan fingerprint density at radius 1 is 0.800 bits per heavy atom. The van der Waals surface area contributed by atoms with Gasteiger partial charge in [0.1, 0.15) is 17.0 Å². The normalized spacial score (nSPS) is 15.7. The molecule has 0 saturated carbocycles. The molecule has 0 aromatic heterocycles. The van der Waals surface area contributed by atoms with E-state index < -0.39 is 54.2 Å². The van der Waals surface area contributed by atoms with E-state index in [4.69, 9.17) is 58.8 Å². The second kappa shape index (κ2) is 29.5. The lowest BCUT2D eigenvalue weighted by Gasteiger charge is -2.38. The number of nitrogens with zero attached hydrogens (tertiary/aromatic N) is 1. The summed E-state index contributed by atoms with van der Waals surface area (Å²) >= 11 is 3.37. The van der Waals surface area contributed by atoms with Gasteiger partial charge in [0.25, 0.3) is 0 Å². The minimum atomic E-state index is -4.38. The molecule has 0 aliphatic rings. The maximum absolute atomic E-state index is 13.6. The first kappa shape index (κ1) is 53.2. The van der Waals surface area contributed by atoms with Crippen LogP contribution in [0.4, 0.5) is 0 Å². The summed E-state index contributed by atoms with van der Waals surface area (Å²) in [5, 5.41) is 20.7. The predicted octanol–water partition coefficient (Wildman–Crippen LogP) is 1.31. The van der Waals surface area contributed by atoms with Crippen LogP contribution in [0.15, 0.2) is 0 Å². The van der Waals surface area contributed by atoms with Crippen LogP contribution < -0.4 is 5.32 Å². The fourth-order valence-corrected chi connectivity index (χ4v) is 6.35. The molecule has 0 aliphatic heterocycles. The first-order chi connectivity index (χ1) is 25.8. The van der Waals surface area contributed by atoms with Gasteiger partial charge in [-0.25, -0.2) is 4.57 Å². The molecule has 0 rings (SSSR count). The second-order valence-corrected chi connectivity index (χ2v) is 17.0. The predicted molar refractivity (Wildman–Crippen MR) is 204 cm³/mol. The van der Waals surface area contributed by atoms with E-state index in [2.05, 4.69) is 27.2 Å². The van der Waals surface area contributed by atoms with Gasteiger partial charge < -0.3 is 58.5 Å². The molecule has 1 amide bonds. The highest BCUT2D eigenvalue weighted by atomic mass is 79.9. The van der Waals surface area contributed by atoms with Gasteiger partial charge in [-0.2, -0.15) is 0 Å². The van der Waals surface area contributed by atoms with Crippen molar-refractivity contribution in [3.63, 3.8) is 0 Å². The number of carbonyl (C=O) groups excluding carboxylic acids is 3. The van der Waals surface area contributed by atoms with Crippen molar-refractivity contribution in [3.8, 4) is 12.3 Å². The third kappa shape index (κ3) is 26.7. The Morgan fingerprint density at radius 2 is 1.33 bits per heavy atom. The van der Waals surface area contributed by atoms with Crippen LogP contribution in [0.1, 0.15) is 47.0 Å². The number of nitrogens with one attached hydrogen (secondary N) is 1. The summed E-state index contributed by atoms with van der Waals surface area (Å²) in [5.41, 5.74) is -2.54. The van der Waals surface area contributed by atoms with Crippen molar-refractivity contribution in [3.05, 3.63) is 0 Å². The fraction of sp³-hybridized carbons (Fsp3) is 0.857. The number of ether oxygens (including phenoxy) is 7. The van der Waals surface area contributed by atoms with Crippen LogP contribution in [0.3, 0.4) is 0 Å². The smallest absolute Gasteiger partial charge is 0.463 e. The summed E-state index contributed by atoms with van der Waals surface area (Å²) in [4.78, 5) is 51.3. The van der Waals surface area contributed by atoms with Crippen LogP contribution in [-0.4, -0.2) is 175 Å². The number of hydrogen-bond donors (Lipinski definition) is 4. The molecule has 0 saturated heterocycles. The standard InChI is InChI=1S/C35H64BrN2O16P/c1-8-12-51-32(43)35(5,36)28-34(4,31(42)52-23-24-54-55(44,45)53-14-11-38(6)7)27-33(2,3)30(41)37-10-9-13-46-15-16-47-17-18-48-19-20-49-21-22-50-26-29(40)25-39/h1,29,39-40H,9-28H2,2-7H3,(H,37,41)(H,44,45). The van der Waals surface area contributed by atoms with Gasteiger partial charge in [0.2, 0.25) is 5.91 Å². The maximum Gasteiger partial charge on any atom is 0.472 e. The number of carbonyl (C=O) groups is 3. The minimum Gasteiger partial charge on any atom is -0.463 e. The highest BCUT2D eigenvalue weighted by molar-refractivity contribution is 9.10. The molecule has 4 N–H and O–H groups in total. The number of terminal acetylenes is 1. The quantitative estimate of drug-likeness (QED) is 0.0231. The number of alkyl halides is 1. The molecule has 0 spiro atoms. The minimum absolute atomic E-state index is 0.0429. The van der Waals surface area contributed by atoms with Crippen LogP contribution in [0, 0.1) is 23.2 Å². The number of likely N-dealkylation sites (N-methyl/N-ethyl adjacent to an activating group) is 1. The largest absolute Gasteiger partial charge is 0.472 e. The number of halogens is 1. The molecule has 322 valence electrons. The average molecular weight is 880 g/mol. The number of phosphoric acid groups is 1. The maximum atomic E-state index is 13.6. The molecule has 0 aromatic carbocycles. The Labute approximate surface area is 334 Å². The molecule has 20 heteroatoms. The monoisotopic (exact) mass is 878 g/mol. The van der Waals surface area contributed by atoms with Gasteiger partial charge in [-0.3, -0.25) is 23.4 Å². The number of hydrogen-bond acceptors (Lipinski definition) is 16. The van der Waals surface area contributed by atoms with Crippen molar-refractivity contribution in [2.24, 2.45) is 10.8 Å². The summed E-state index contributed by atoms with van der Waals surface area (Å²) < 4.78 is 58.0. The Morgan fingerprint density at radius 3 is 1.85 bits per heavy atom. The molecule has 0 aromatic rings. The van der Waals surface area contributed by atoms with Crippen molar-refractivity contribution in [2.45, 2.75) is 57.4 Å². The van der Waals surface area contributed by atoms with Crippen molar-refractivity contribution in [1.29, 1.82) is 0 Å². The van der Waals surface area contributed by atoms with Gasteiger partial charge in [0, 0.05) is 25.1 Å². The van der Waals surface area contributed by atoms with E-state index in [1.165, 1.54) is 6.92 Å². The molecule has 0 radical (unpaired) electrons. The lowest BCUT2D eigenvalue weighted by atomic mass is 9.69. The van der Waals surface area contributed by atoms with Gasteiger partial charge in [0.15, 0.2) is 6.61 Å². The lowest BCUT2D eigenvalue weighted by molar-refractivity contribution is -0.161. The fourth-order valence-electron chi connectivity index (χ4n) is 4.93. The van der Waals surface area contributed by atoms with Gasteiger partial charge >= 0.3 is 19.8 Å². The Kier molecular flexibility index (Phi) is 28.5. The summed E-state index contributed by atoms with van der Waals surface area (Å²) in [7, 11) is -0.834. The number of esters is 2. The SMILES string of the molecule is C#CCOC(=O)C(C)(Br)CC(C)(CC(C)(C)C(=O)NCCCOCCOCCOCCOCCOCC(O)CO)C(=O)OCCOP(=O)(O)OCCN(C)C. The zero-order chi connectivity index (χ0) is 41.8. The Balaban J connectivity index is 4.73. The van der Waals surface area contributed by atoms with Crippen molar-refractivity contribution < 1.29 is 76.3 Å². The first-order valence-electron chi connectivity index (χ1n) is 18.0. The number of phosphoric ester groups is 1. The Hall–Kier alpha value is -1.76. The second-order valence-electron chi connectivity index (χ2n) is 13.8. The Bertz CT molecular complexity index is 1170. The lowest BCUT2D eigenvalue weighted by Crippen LogP contribution is -2.47. The van der Waals surface area contributed by atoms with Crippen molar-refractivity contribution >= 4 is 41.6 Å². The van der Waals surface area contributed by atoms with E-state index in [-0.39, 0.29) is 45.2 Å². The molecule has 18 nitrogen and oxygen atoms in total. The molecular weight excluding hydrogens is 815 g/mol. The van der Waals surface area contributed by atoms with E-state index >= 15 is 0 Å². The van der Waals surface area contributed by atoms with Crippen LogP contribution in [0.2, 0.25) is 0 Å². The summed E-state index contributed by atoms with van der Waals surface area (Å²) in [6.07, 6.45) is 4.67. The molecule has 4 atom stereocenters. The topological polar surface area (TPSA) is 227 Å². The van der Waals surface area contributed by atoms with Crippen LogP contribution in [0.25, 0.3) is 0 Å². The van der Waals surface area contributed by atoms with E-state index in [0.29, 0.717) is 79.0 Å². The van der Waals surface area contributed by atoms with Gasteiger partial charge in [-0.15, -0.1) is 6.42 Å². The molecule has 0 fully saturated rings. The highest BCUT2D eigenvalue weighted by Gasteiger charge is 2.49. The number of amides is 1. The summed E-state index contributed by atoms with van der Waals surface area (Å²) in [6.45, 7) is 8.97. The van der Waals surface area contributed by atoms with E-state index in [0.717, 1.165) is 0 Å². The van der Waals surface area contributed by atoms with Gasteiger partial charge in [-0.1, -0.05) is 35.7 Å². The highest BCUT2D eigenvalue weighted by Crippen LogP contribution is 2.45. The molecule has 55 heavy (non-hydrogen) atoms. The molecular formula is C35H64BrN2O16P. The first-order valence-corrected chi connectivity index (χ1v) is 20.3. The third-order valence-corrected chi connectivity index (χ3v) is 9.12. The van der Waals surface area contributed by atoms with Crippen LogP contribution >= 0.6 is 23.8 Å². The number of aliphatic hydroxyl groups is 2. The van der Waals surface area contributed by atoms with Gasteiger partial charge in [0.05, 0.1) is 84.7 Å². The average Bonchev–Trinajstić information content (AvgIpc) is 3.10. The molecule has 4 unspecified atom stereocenters. The number of rotatable bonds is 35. The zero-order valence-corrected chi connectivity index (χ0v) is 35.7. The molecule has 0 bridgehead atoms. The summed E-state index contributed by atoms with van der Waals surface area (Å²) in [5.74, 6) is 0.416. The van der Waals surface area contributed by atoms with E-state index in [9.17, 15) is 23.8 Å². The van der Waals surface area contributed by atoms with E-state index in [1.807, 2.05) is 0 Å². The summed E-state index contributed by atoms with van der Waals surface area (Å²) in [6, 6.07) is 0. The molecule has 0 aliphatic carbocycles. The van der Waals surface area contributed by atoms with Crippen LogP contribution in [0.5, 0.6) is 0 Å². The van der Waals surface area contributed by atoms with E-state index in [1.54, 1.807) is 39.8 Å². The zero-order valence-electron chi connectivity index (χ0n) is 33.2. The molecule has 0 heterocycles. The number of aliphatic hydroxyl groups excluding tert-OH is 2. The van der Waals surface area contributed by atoms with Crippen LogP contribution in [-0.2, 0) is 61.2 Å².